The first-order chi connectivity index (χ1) is 4.93. The number of unbranched alkanes of at least 4 members (excludes halogenated alkanes) is 1. The lowest BCUT2D eigenvalue weighted by molar-refractivity contribution is -0.235. The van der Waals surface area contributed by atoms with E-state index in [1.807, 2.05) is 6.08 Å². The first-order valence-corrected chi connectivity index (χ1v) is 3.53. The van der Waals surface area contributed by atoms with Crippen LogP contribution in [0.5, 0.6) is 0 Å². The number of aliphatic hydroxyl groups is 1. The zero-order valence-electron chi connectivity index (χ0n) is 5.88. The van der Waals surface area contributed by atoms with E-state index in [0.29, 0.717) is 6.61 Å². The van der Waals surface area contributed by atoms with Crippen LogP contribution in [0.3, 0.4) is 0 Å². The van der Waals surface area contributed by atoms with Gasteiger partial charge >= 0.3 is 0 Å². The Balaban J connectivity index is 2.01. The van der Waals surface area contributed by atoms with Crippen molar-refractivity contribution in [3.05, 3.63) is 11.8 Å². The van der Waals surface area contributed by atoms with Crippen LogP contribution in [0.2, 0.25) is 0 Å². The largest absolute Gasteiger partial charge is 0.396 e. The molecule has 0 aromatic rings. The Morgan fingerprint density at radius 2 is 2.40 bits per heavy atom. The Bertz CT molecular complexity index is 120. The zero-order valence-corrected chi connectivity index (χ0v) is 5.88. The molecular formula is C7H12O3. The maximum Gasteiger partial charge on any atom is 0.140 e. The van der Waals surface area contributed by atoms with E-state index in [1.54, 1.807) is 0 Å². The van der Waals surface area contributed by atoms with E-state index in [4.69, 9.17) is 9.99 Å². The summed E-state index contributed by atoms with van der Waals surface area (Å²) < 4.78 is 0. The summed E-state index contributed by atoms with van der Waals surface area (Å²) in [4.78, 5) is 9.41. The Hall–Kier alpha value is -0.540. The third-order valence-corrected chi connectivity index (χ3v) is 1.38. The van der Waals surface area contributed by atoms with Crippen LogP contribution in [0.4, 0.5) is 0 Å². The second-order valence-corrected chi connectivity index (χ2v) is 2.22. The summed E-state index contributed by atoms with van der Waals surface area (Å²) in [6.45, 7) is 0.822. The van der Waals surface area contributed by atoms with Crippen molar-refractivity contribution < 1.29 is 14.9 Å². The molecule has 0 aromatic carbocycles. The predicted octanol–water partition coefficient (Wildman–Crippen LogP) is 0.995. The molecule has 0 saturated heterocycles. The molecule has 1 aliphatic rings. The molecule has 1 N–H and O–H groups in total. The van der Waals surface area contributed by atoms with Gasteiger partial charge in [0.05, 0.1) is 0 Å². The van der Waals surface area contributed by atoms with Crippen LogP contribution in [0.1, 0.15) is 19.3 Å². The lowest BCUT2D eigenvalue weighted by Crippen LogP contribution is -1.87. The average Bonchev–Trinajstić information content (AvgIpc) is 2.41. The normalized spacial score (nSPS) is 16.7. The minimum Gasteiger partial charge on any atom is -0.396 e. The third kappa shape index (κ3) is 2.37. The van der Waals surface area contributed by atoms with E-state index in [-0.39, 0.29) is 6.61 Å². The molecule has 0 fully saturated rings. The highest BCUT2D eigenvalue weighted by molar-refractivity contribution is 4.94. The first-order valence-electron chi connectivity index (χ1n) is 3.53. The summed E-state index contributed by atoms with van der Waals surface area (Å²) >= 11 is 0. The molecule has 0 radical (unpaired) electrons. The fourth-order valence-corrected chi connectivity index (χ4v) is 0.825. The lowest BCUT2D eigenvalue weighted by Gasteiger charge is -1.98. The summed E-state index contributed by atoms with van der Waals surface area (Å²) in [7, 11) is 0. The van der Waals surface area contributed by atoms with Gasteiger partial charge in [0, 0.05) is 13.0 Å². The SMILES string of the molecule is OCCCCC1=CCOO1. The monoisotopic (exact) mass is 144 g/mol. The van der Waals surface area contributed by atoms with Gasteiger partial charge in [-0.15, -0.1) is 0 Å². The minimum absolute atomic E-state index is 0.258. The maximum atomic E-state index is 8.45. The Morgan fingerprint density at radius 3 is 3.00 bits per heavy atom. The molecule has 0 spiro atoms. The van der Waals surface area contributed by atoms with Crippen LogP contribution < -0.4 is 0 Å². The van der Waals surface area contributed by atoms with Crippen molar-refractivity contribution in [3.8, 4) is 0 Å². The van der Waals surface area contributed by atoms with Crippen LogP contribution >= 0.6 is 0 Å². The highest BCUT2D eigenvalue weighted by atomic mass is 17.2. The van der Waals surface area contributed by atoms with Crippen LogP contribution in [0, 0.1) is 0 Å². The van der Waals surface area contributed by atoms with Crippen molar-refractivity contribution in [1.29, 1.82) is 0 Å². The van der Waals surface area contributed by atoms with Gasteiger partial charge in [0.1, 0.15) is 12.4 Å². The molecule has 58 valence electrons. The summed E-state index contributed by atoms with van der Waals surface area (Å²) in [5.41, 5.74) is 0. The Labute approximate surface area is 60.2 Å². The van der Waals surface area contributed by atoms with Crippen LogP contribution in [-0.2, 0) is 9.78 Å². The molecule has 0 saturated carbocycles. The van der Waals surface area contributed by atoms with Gasteiger partial charge in [0.2, 0.25) is 0 Å². The van der Waals surface area contributed by atoms with Crippen molar-refractivity contribution >= 4 is 0 Å². The van der Waals surface area contributed by atoms with Gasteiger partial charge in [0.25, 0.3) is 0 Å². The smallest absolute Gasteiger partial charge is 0.140 e. The number of rotatable bonds is 4. The number of hydrogen-bond donors (Lipinski definition) is 1. The molecule has 0 aliphatic carbocycles. The van der Waals surface area contributed by atoms with E-state index in [2.05, 4.69) is 4.89 Å². The molecule has 0 amide bonds. The molecule has 0 bridgehead atoms. The molecule has 3 nitrogen and oxygen atoms in total. The van der Waals surface area contributed by atoms with E-state index in [0.717, 1.165) is 25.0 Å². The lowest BCUT2D eigenvalue weighted by atomic mass is 10.2. The maximum absolute atomic E-state index is 8.45. The molecule has 0 atom stereocenters. The quantitative estimate of drug-likeness (QED) is 0.472. The van der Waals surface area contributed by atoms with Gasteiger partial charge in [-0.2, -0.15) is 4.89 Å². The topological polar surface area (TPSA) is 38.7 Å². The highest BCUT2D eigenvalue weighted by Crippen LogP contribution is 2.13. The fourth-order valence-electron chi connectivity index (χ4n) is 0.825. The van der Waals surface area contributed by atoms with E-state index >= 15 is 0 Å². The van der Waals surface area contributed by atoms with Gasteiger partial charge in [-0.05, 0) is 18.9 Å². The summed E-state index contributed by atoms with van der Waals surface area (Å²) in [6.07, 6.45) is 4.59. The highest BCUT2D eigenvalue weighted by Gasteiger charge is 2.05. The van der Waals surface area contributed by atoms with E-state index in [1.165, 1.54) is 0 Å². The summed E-state index contributed by atoms with van der Waals surface area (Å²) in [5, 5.41) is 8.45. The molecule has 1 aliphatic heterocycles. The number of allylic oxidation sites excluding steroid dienone is 1. The van der Waals surface area contributed by atoms with Gasteiger partial charge in [-0.1, -0.05) is 0 Å². The second-order valence-electron chi connectivity index (χ2n) is 2.22. The molecule has 3 heteroatoms. The van der Waals surface area contributed by atoms with Crippen LogP contribution in [0.25, 0.3) is 0 Å². The average molecular weight is 144 g/mol. The van der Waals surface area contributed by atoms with Gasteiger partial charge in [-0.3, -0.25) is 0 Å². The van der Waals surface area contributed by atoms with Crippen molar-refractivity contribution in [2.24, 2.45) is 0 Å². The number of aliphatic hydroxyl groups excluding tert-OH is 1. The Morgan fingerprint density at radius 1 is 1.50 bits per heavy atom. The molecule has 1 heterocycles. The van der Waals surface area contributed by atoms with Gasteiger partial charge < -0.3 is 9.99 Å². The van der Waals surface area contributed by atoms with Crippen molar-refractivity contribution in [2.45, 2.75) is 19.3 Å². The number of hydrogen-bond acceptors (Lipinski definition) is 3. The Kier molecular flexibility index (Phi) is 3.26. The van der Waals surface area contributed by atoms with Gasteiger partial charge in [-0.25, -0.2) is 0 Å². The fraction of sp³-hybridized carbons (Fsp3) is 0.714. The standard InChI is InChI=1S/C7H12O3/c8-5-2-1-3-7-4-6-9-10-7/h4,8H,1-3,5-6H2. The summed E-state index contributed by atoms with van der Waals surface area (Å²) in [6, 6.07) is 0. The van der Waals surface area contributed by atoms with Gasteiger partial charge in [0.15, 0.2) is 0 Å². The van der Waals surface area contributed by atoms with E-state index in [9.17, 15) is 0 Å². The molecule has 0 aromatic heterocycles. The molecule has 0 unspecified atom stereocenters. The minimum atomic E-state index is 0.258. The molecular weight excluding hydrogens is 132 g/mol. The second kappa shape index (κ2) is 4.30. The summed E-state index contributed by atoms with van der Waals surface area (Å²) in [5.74, 6) is 0.897. The van der Waals surface area contributed by atoms with Crippen LogP contribution in [0.15, 0.2) is 11.8 Å². The van der Waals surface area contributed by atoms with Crippen LogP contribution in [-0.4, -0.2) is 18.3 Å². The molecule has 1 rings (SSSR count). The van der Waals surface area contributed by atoms with Crippen molar-refractivity contribution in [2.75, 3.05) is 13.2 Å². The predicted molar refractivity (Wildman–Crippen MR) is 36.1 cm³/mol. The first kappa shape index (κ1) is 7.57. The van der Waals surface area contributed by atoms with Crippen molar-refractivity contribution in [3.63, 3.8) is 0 Å². The van der Waals surface area contributed by atoms with Crippen molar-refractivity contribution in [1.82, 2.24) is 0 Å². The zero-order chi connectivity index (χ0) is 7.23. The van der Waals surface area contributed by atoms with E-state index < -0.39 is 0 Å². The molecule has 10 heavy (non-hydrogen) atoms. The third-order valence-electron chi connectivity index (χ3n) is 1.38.